The number of hydrogen-bond donors (Lipinski definition) is 3. The maximum atomic E-state index is 14.7. The molecule has 4 amide bonds. The molecule has 5 atom stereocenters. The number of alkyl halides is 2. The molecular formula is C21H32F2N4O5. The molecule has 3 heterocycles. The Morgan fingerprint density at radius 3 is 2.53 bits per heavy atom. The van der Waals surface area contributed by atoms with Crippen LogP contribution in [0.25, 0.3) is 0 Å². The summed E-state index contributed by atoms with van der Waals surface area (Å²) in [6.07, 6.45) is 0.248. The Bertz CT molecular complexity index is 785. The Hall–Kier alpha value is -2.46. The van der Waals surface area contributed by atoms with Crippen LogP contribution >= 0.6 is 0 Å². The summed E-state index contributed by atoms with van der Waals surface area (Å²) in [5.41, 5.74) is 4.57. The van der Waals surface area contributed by atoms with Crippen molar-refractivity contribution in [3.8, 4) is 0 Å². The molecule has 0 aromatic heterocycles. The standard InChI is InChI=1S/C21H32F2N4O5/c1-20(2,3)32-19(31)27-12-6-7-13(21(22,23)10-12)15(27)18(30)26-14(16(24)28)9-11-5-4-8-25-17(11)29/h11-15H,4-10H2,1-3H3,(H2,24,28)(H,25,29)(H,26,30)/t11-,12-,13-,14-,15-/m0/s1. The highest BCUT2D eigenvalue weighted by molar-refractivity contribution is 5.92. The molecule has 0 aromatic carbocycles. The molecule has 0 radical (unpaired) electrons. The number of nitrogens with two attached hydrogens (primary N) is 1. The van der Waals surface area contributed by atoms with Gasteiger partial charge in [-0.15, -0.1) is 0 Å². The number of ether oxygens (including phenoxy) is 1. The monoisotopic (exact) mass is 458 g/mol. The van der Waals surface area contributed by atoms with Crippen LogP contribution in [0.5, 0.6) is 0 Å². The summed E-state index contributed by atoms with van der Waals surface area (Å²) in [4.78, 5) is 51.2. The summed E-state index contributed by atoms with van der Waals surface area (Å²) >= 11 is 0. The van der Waals surface area contributed by atoms with E-state index in [4.69, 9.17) is 10.5 Å². The van der Waals surface area contributed by atoms with Gasteiger partial charge in [0, 0.05) is 24.9 Å². The van der Waals surface area contributed by atoms with Crippen molar-refractivity contribution in [2.45, 2.75) is 88.9 Å². The second-order valence-electron chi connectivity index (χ2n) is 9.96. The maximum Gasteiger partial charge on any atom is 0.411 e. The molecule has 0 aromatic rings. The largest absolute Gasteiger partial charge is 0.444 e. The zero-order valence-corrected chi connectivity index (χ0v) is 18.7. The van der Waals surface area contributed by atoms with Crippen LogP contribution in [0.4, 0.5) is 13.6 Å². The number of amides is 4. The minimum absolute atomic E-state index is 0.0312. The van der Waals surface area contributed by atoms with E-state index in [1.807, 2.05) is 0 Å². The van der Waals surface area contributed by atoms with Crippen molar-refractivity contribution >= 4 is 23.8 Å². The lowest BCUT2D eigenvalue weighted by Gasteiger charge is -2.53. The number of carbonyl (C=O) groups is 4. The molecule has 3 aliphatic heterocycles. The fourth-order valence-corrected chi connectivity index (χ4v) is 4.93. The van der Waals surface area contributed by atoms with Crippen LogP contribution in [-0.4, -0.2) is 64.9 Å². The number of nitrogens with zero attached hydrogens (tertiary/aromatic N) is 1. The van der Waals surface area contributed by atoms with Gasteiger partial charge in [0.25, 0.3) is 5.92 Å². The van der Waals surface area contributed by atoms with Crippen LogP contribution in [-0.2, 0) is 19.1 Å². The number of piperidine rings is 3. The zero-order valence-electron chi connectivity index (χ0n) is 18.7. The molecule has 11 heteroatoms. The molecule has 4 fully saturated rings. The van der Waals surface area contributed by atoms with Gasteiger partial charge in [-0.25, -0.2) is 13.6 Å². The average Bonchev–Trinajstić information content (AvgIpc) is 2.66. The molecule has 0 unspecified atom stereocenters. The average molecular weight is 459 g/mol. The van der Waals surface area contributed by atoms with Crippen molar-refractivity contribution in [3.63, 3.8) is 0 Å². The first-order valence-electron chi connectivity index (χ1n) is 11.1. The van der Waals surface area contributed by atoms with Crippen LogP contribution < -0.4 is 16.4 Å². The van der Waals surface area contributed by atoms with E-state index in [2.05, 4.69) is 10.6 Å². The van der Waals surface area contributed by atoms with Gasteiger partial charge in [-0.05, 0) is 52.9 Å². The van der Waals surface area contributed by atoms with Gasteiger partial charge in [-0.3, -0.25) is 19.3 Å². The SMILES string of the molecule is CC(C)(C)OC(=O)N1[C@H]2CC[C@@H]([C@H]1C(=O)N[C@@H](C[C@@H]1CCCNC1=O)C(N)=O)C(F)(F)C2. The van der Waals surface area contributed by atoms with E-state index < -0.39 is 65.8 Å². The number of halogens is 2. The van der Waals surface area contributed by atoms with Gasteiger partial charge >= 0.3 is 6.09 Å². The highest BCUT2D eigenvalue weighted by atomic mass is 19.3. The van der Waals surface area contributed by atoms with E-state index in [1.165, 1.54) is 0 Å². The maximum absolute atomic E-state index is 14.7. The molecule has 2 bridgehead atoms. The molecule has 0 spiro atoms. The highest BCUT2D eigenvalue weighted by Crippen LogP contribution is 2.49. The number of carbonyl (C=O) groups excluding carboxylic acids is 4. The molecule has 32 heavy (non-hydrogen) atoms. The normalized spacial score (nSPS) is 30.3. The van der Waals surface area contributed by atoms with Crippen molar-refractivity contribution < 1.29 is 32.7 Å². The quantitative estimate of drug-likeness (QED) is 0.572. The van der Waals surface area contributed by atoms with E-state index >= 15 is 0 Å². The van der Waals surface area contributed by atoms with Crippen LogP contribution in [0.15, 0.2) is 0 Å². The van der Waals surface area contributed by atoms with Gasteiger partial charge in [0.05, 0.1) is 5.92 Å². The van der Waals surface area contributed by atoms with E-state index in [9.17, 15) is 28.0 Å². The van der Waals surface area contributed by atoms with Crippen LogP contribution in [0.1, 0.15) is 59.3 Å². The van der Waals surface area contributed by atoms with Crippen molar-refractivity contribution in [3.05, 3.63) is 0 Å². The molecule has 180 valence electrons. The first-order chi connectivity index (χ1) is 14.8. The van der Waals surface area contributed by atoms with Gasteiger partial charge in [-0.2, -0.15) is 0 Å². The van der Waals surface area contributed by atoms with Crippen molar-refractivity contribution in [1.82, 2.24) is 15.5 Å². The third-order valence-electron chi connectivity index (χ3n) is 6.39. The topological polar surface area (TPSA) is 131 Å². The van der Waals surface area contributed by atoms with Crippen LogP contribution in [0.3, 0.4) is 0 Å². The van der Waals surface area contributed by atoms with E-state index in [-0.39, 0.29) is 18.7 Å². The molecule has 1 saturated carbocycles. The Morgan fingerprint density at radius 2 is 1.97 bits per heavy atom. The van der Waals surface area contributed by atoms with Crippen LogP contribution in [0.2, 0.25) is 0 Å². The predicted molar refractivity (Wildman–Crippen MR) is 109 cm³/mol. The minimum Gasteiger partial charge on any atom is -0.444 e. The van der Waals surface area contributed by atoms with Crippen molar-refractivity contribution in [1.29, 1.82) is 0 Å². The molecule has 4 rings (SSSR count). The number of rotatable bonds is 5. The molecule has 9 nitrogen and oxygen atoms in total. The summed E-state index contributed by atoms with van der Waals surface area (Å²) < 4.78 is 34.8. The van der Waals surface area contributed by atoms with Gasteiger partial charge in [0.2, 0.25) is 17.7 Å². The Labute approximate surface area is 185 Å². The van der Waals surface area contributed by atoms with Crippen molar-refractivity contribution in [2.24, 2.45) is 17.6 Å². The number of hydrogen-bond acceptors (Lipinski definition) is 5. The molecule has 4 N–H and O–H groups in total. The number of fused-ring (bicyclic) bond motifs is 3. The highest BCUT2D eigenvalue weighted by Gasteiger charge is 2.61. The van der Waals surface area contributed by atoms with Gasteiger partial charge in [0.15, 0.2) is 0 Å². The minimum atomic E-state index is -3.13. The summed E-state index contributed by atoms with van der Waals surface area (Å²) in [5, 5.41) is 5.15. The lowest BCUT2D eigenvalue weighted by molar-refractivity contribution is -0.184. The summed E-state index contributed by atoms with van der Waals surface area (Å²) in [6.45, 7) is 5.48. The number of primary amides is 1. The second-order valence-corrected chi connectivity index (χ2v) is 9.96. The van der Waals surface area contributed by atoms with E-state index in [0.717, 1.165) is 11.3 Å². The molecular weight excluding hydrogens is 426 g/mol. The fourth-order valence-electron chi connectivity index (χ4n) is 4.93. The Balaban J connectivity index is 1.81. The first-order valence-corrected chi connectivity index (χ1v) is 11.1. The third kappa shape index (κ3) is 5.12. The predicted octanol–water partition coefficient (Wildman–Crippen LogP) is 1.30. The summed E-state index contributed by atoms with van der Waals surface area (Å²) in [7, 11) is 0. The second kappa shape index (κ2) is 8.82. The van der Waals surface area contributed by atoms with Gasteiger partial charge < -0.3 is 21.1 Å². The lowest BCUT2D eigenvalue weighted by Crippen LogP contribution is -2.69. The smallest absolute Gasteiger partial charge is 0.411 e. The molecule has 3 saturated heterocycles. The third-order valence-corrected chi connectivity index (χ3v) is 6.39. The number of nitrogens with one attached hydrogen (secondary N) is 2. The lowest BCUT2D eigenvalue weighted by atomic mass is 9.71. The summed E-state index contributed by atoms with van der Waals surface area (Å²) in [5.74, 6) is -7.04. The van der Waals surface area contributed by atoms with E-state index in [1.54, 1.807) is 20.8 Å². The van der Waals surface area contributed by atoms with Gasteiger partial charge in [0.1, 0.15) is 17.7 Å². The zero-order chi connectivity index (χ0) is 23.8. The van der Waals surface area contributed by atoms with Gasteiger partial charge in [-0.1, -0.05) is 0 Å². The van der Waals surface area contributed by atoms with Crippen molar-refractivity contribution in [2.75, 3.05) is 6.54 Å². The Morgan fingerprint density at radius 1 is 1.28 bits per heavy atom. The Kier molecular flexibility index (Phi) is 6.67. The fraction of sp³-hybridized carbons (Fsp3) is 0.810. The molecule has 4 aliphatic rings. The van der Waals surface area contributed by atoms with Crippen LogP contribution in [0, 0.1) is 11.8 Å². The summed E-state index contributed by atoms with van der Waals surface area (Å²) in [6, 6.07) is -3.56. The van der Waals surface area contributed by atoms with E-state index in [0.29, 0.717) is 19.4 Å². The molecule has 1 aliphatic carbocycles. The first kappa shape index (κ1) is 24.2.